The molecule has 4 nitrogen and oxygen atoms in total. The quantitative estimate of drug-likeness (QED) is 0.432. The van der Waals surface area contributed by atoms with Gasteiger partial charge in [-0.2, -0.15) is 0 Å². The van der Waals surface area contributed by atoms with E-state index in [1.54, 1.807) is 0 Å². The molecule has 1 aromatic heterocycles. The van der Waals surface area contributed by atoms with Crippen LogP contribution >= 0.6 is 11.6 Å². The molecule has 1 saturated heterocycles. The number of imidazole rings is 1. The molecule has 5 rings (SSSR count). The van der Waals surface area contributed by atoms with Crippen LogP contribution in [0.3, 0.4) is 0 Å². The van der Waals surface area contributed by atoms with Gasteiger partial charge in [-0.05, 0) is 41.0 Å². The summed E-state index contributed by atoms with van der Waals surface area (Å²) in [5.41, 5.74) is 3.45. The number of aromatic nitrogens is 2. The molecule has 3 aromatic carbocycles. The molecule has 0 unspecified atom stereocenters. The summed E-state index contributed by atoms with van der Waals surface area (Å²) in [5, 5.41) is 3.33. The van der Waals surface area contributed by atoms with Crippen molar-refractivity contribution in [3.05, 3.63) is 77.1 Å². The van der Waals surface area contributed by atoms with Crippen LogP contribution in [0.4, 0.5) is 0 Å². The minimum absolute atomic E-state index is 0.758. The highest BCUT2D eigenvalue weighted by Gasteiger charge is 2.15. The smallest absolute Gasteiger partial charge is 0.114 e. The molecule has 4 aromatic rings. The topological polar surface area (TPSA) is 30.3 Å². The third-order valence-electron chi connectivity index (χ3n) is 5.98. The monoisotopic (exact) mass is 419 g/mol. The average Bonchev–Trinajstić information content (AvgIpc) is 3.11. The van der Waals surface area contributed by atoms with Crippen molar-refractivity contribution in [3.8, 4) is 0 Å². The molecular formula is C25H26ClN3O. The van der Waals surface area contributed by atoms with Gasteiger partial charge in [-0.3, -0.25) is 4.90 Å². The summed E-state index contributed by atoms with van der Waals surface area (Å²) in [5.74, 6) is 1.10. The molecule has 1 fully saturated rings. The van der Waals surface area contributed by atoms with Gasteiger partial charge < -0.3 is 9.30 Å². The van der Waals surface area contributed by atoms with Crippen LogP contribution in [0.5, 0.6) is 0 Å². The summed E-state index contributed by atoms with van der Waals surface area (Å²) in [7, 11) is 0. The van der Waals surface area contributed by atoms with Gasteiger partial charge in [0, 0.05) is 37.6 Å². The second-order valence-electron chi connectivity index (χ2n) is 7.94. The largest absolute Gasteiger partial charge is 0.379 e. The standard InChI is InChI=1S/C25H26ClN3O/c26-21-9-10-23-24(18-21)29(12-4-11-28-13-15-30-16-14-28)25(27-23)17-20-7-3-6-19-5-1-2-8-22(19)20/h1-3,5-10,18H,4,11-17H2. The first-order valence-electron chi connectivity index (χ1n) is 10.7. The van der Waals surface area contributed by atoms with Crippen molar-refractivity contribution in [1.82, 2.24) is 14.5 Å². The third-order valence-corrected chi connectivity index (χ3v) is 6.21. The summed E-state index contributed by atoms with van der Waals surface area (Å²) >= 11 is 6.33. The Morgan fingerprint density at radius 3 is 2.67 bits per heavy atom. The average molecular weight is 420 g/mol. The predicted octanol–water partition coefficient (Wildman–Crippen LogP) is 5.16. The lowest BCUT2D eigenvalue weighted by molar-refractivity contribution is 0.0369. The molecule has 0 saturated carbocycles. The van der Waals surface area contributed by atoms with Crippen molar-refractivity contribution in [2.24, 2.45) is 0 Å². The molecule has 0 aliphatic carbocycles. The third kappa shape index (κ3) is 4.08. The summed E-state index contributed by atoms with van der Waals surface area (Å²) < 4.78 is 7.84. The normalized spacial score (nSPS) is 15.2. The summed E-state index contributed by atoms with van der Waals surface area (Å²) in [4.78, 5) is 7.48. The van der Waals surface area contributed by atoms with E-state index >= 15 is 0 Å². The second-order valence-corrected chi connectivity index (χ2v) is 8.37. The number of nitrogens with zero attached hydrogens (tertiary/aromatic N) is 3. The van der Waals surface area contributed by atoms with Gasteiger partial charge in [0.15, 0.2) is 0 Å². The summed E-state index contributed by atoms with van der Waals surface area (Å²) in [6, 6.07) is 21.1. The molecule has 0 N–H and O–H groups in total. The maximum atomic E-state index is 6.33. The van der Waals surface area contributed by atoms with E-state index in [4.69, 9.17) is 21.3 Å². The lowest BCUT2D eigenvalue weighted by Crippen LogP contribution is -2.37. The first-order valence-corrected chi connectivity index (χ1v) is 11.1. The van der Waals surface area contributed by atoms with Crippen molar-refractivity contribution in [2.75, 3.05) is 32.8 Å². The van der Waals surface area contributed by atoms with E-state index in [-0.39, 0.29) is 0 Å². The SMILES string of the molecule is Clc1ccc2nc(Cc3cccc4ccccc34)n(CCCN3CCOCC3)c2c1. The Hall–Kier alpha value is -2.40. The molecule has 0 bridgehead atoms. The number of benzene rings is 3. The predicted molar refractivity (Wildman–Crippen MR) is 123 cm³/mol. The lowest BCUT2D eigenvalue weighted by atomic mass is 10.0. The Morgan fingerprint density at radius 2 is 1.77 bits per heavy atom. The number of rotatable bonds is 6. The molecule has 1 aliphatic heterocycles. The molecule has 2 heterocycles. The summed E-state index contributed by atoms with van der Waals surface area (Å²) in [6.45, 7) is 5.76. The highest BCUT2D eigenvalue weighted by atomic mass is 35.5. The van der Waals surface area contributed by atoms with Gasteiger partial charge in [0.05, 0.1) is 24.2 Å². The van der Waals surface area contributed by atoms with Crippen LogP contribution in [0.2, 0.25) is 5.02 Å². The highest BCUT2D eigenvalue weighted by Crippen LogP contribution is 2.25. The minimum atomic E-state index is 0.758. The Bertz CT molecular complexity index is 1160. The number of aryl methyl sites for hydroxylation is 1. The molecular weight excluding hydrogens is 394 g/mol. The summed E-state index contributed by atoms with van der Waals surface area (Å²) in [6.07, 6.45) is 1.89. The maximum absolute atomic E-state index is 6.33. The molecule has 1 aliphatic rings. The van der Waals surface area contributed by atoms with Gasteiger partial charge in [-0.25, -0.2) is 4.98 Å². The van der Waals surface area contributed by atoms with Crippen LogP contribution < -0.4 is 0 Å². The van der Waals surface area contributed by atoms with Crippen LogP contribution in [-0.2, 0) is 17.7 Å². The molecule has 5 heteroatoms. The zero-order valence-corrected chi connectivity index (χ0v) is 17.8. The number of halogens is 1. The molecule has 154 valence electrons. The second kappa shape index (κ2) is 8.76. The lowest BCUT2D eigenvalue weighted by Gasteiger charge is -2.26. The Kier molecular flexibility index (Phi) is 5.71. The van der Waals surface area contributed by atoms with Crippen LogP contribution in [0.15, 0.2) is 60.7 Å². The number of morpholine rings is 1. The van der Waals surface area contributed by atoms with Crippen molar-refractivity contribution in [1.29, 1.82) is 0 Å². The van der Waals surface area contributed by atoms with E-state index in [0.717, 1.165) is 74.1 Å². The maximum Gasteiger partial charge on any atom is 0.114 e. The fourth-order valence-electron chi connectivity index (χ4n) is 4.42. The minimum Gasteiger partial charge on any atom is -0.379 e. The van der Waals surface area contributed by atoms with Crippen molar-refractivity contribution in [3.63, 3.8) is 0 Å². The van der Waals surface area contributed by atoms with Crippen LogP contribution in [0, 0.1) is 0 Å². The molecule has 0 atom stereocenters. The Labute approximate surface area is 182 Å². The van der Waals surface area contributed by atoms with E-state index < -0.39 is 0 Å². The highest BCUT2D eigenvalue weighted by molar-refractivity contribution is 6.31. The zero-order chi connectivity index (χ0) is 20.3. The van der Waals surface area contributed by atoms with Gasteiger partial charge in [-0.15, -0.1) is 0 Å². The molecule has 0 amide bonds. The fourth-order valence-corrected chi connectivity index (χ4v) is 4.59. The first-order chi connectivity index (χ1) is 14.8. The number of ether oxygens (including phenoxy) is 1. The number of fused-ring (bicyclic) bond motifs is 2. The van der Waals surface area contributed by atoms with Crippen LogP contribution in [0.1, 0.15) is 17.8 Å². The van der Waals surface area contributed by atoms with E-state index in [9.17, 15) is 0 Å². The molecule has 0 radical (unpaired) electrons. The van der Waals surface area contributed by atoms with Crippen molar-refractivity contribution < 1.29 is 4.74 Å². The van der Waals surface area contributed by atoms with E-state index in [0.29, 0.717) is 0 Å². The van der Waals surface area contributed by atoms with Crippen molar-refractivity contribution >= 4 is 33.4 Å². The van der Waals surface area contributed by atoms with E-state index in [1.807, 2.05) is 18.2 Å². The van der Waals surface area contributed by atoms with Gasteiger partial charge in [0.1, 0.15) is 5.82 Å². The zero-order valence-electron chi connectivity index (χ0n) is 17.1. The van der Waals surface area contributed by atoms with Gasteiger partial charge in [0.25, 0.3) is 0 Å². The number of hydrogen-bond acceptors (Lipinski definition) is 3. The van der Waals surface area contributed by atoms with Crippen molar-refractivity contribution in [2.45, 2.75) is 19.4 Å². The van der Waals surface area contributed by atoms with Gasteiger partial charge in [-0.1, -0.05) is 54.1 Å². The van der Waals surface area contributed by atoms with E-state index in [2.05, 4.69) is 51.9 Å². The van der Waals surface area contributed by atoms with Gasteiger partial charge in [0.2, 0.25) is 0 Å². The Balaban J connectivity index is 1.45. The van der Waals surface area contributed by atoms with E-state index in [1.165, 1.54) is 16.3 Å². The molecule has 0 spiro atoms. The Morgan fingerprint density at radius 1 is 0.933 bits per heavy atom. The van der Waals surface area contributed by atoms with Gasteiger partial charge >= 0.3 is 0 Å². The first kappa shape index (κ1) is 19.6. The number of hydrogen-bond donors (Lipinski definition) is 0. The van der Waals surface area contributed by atoms with Crippen LogP contribution in [-0.4, -0.2) is 47.3 Å². The molecule has 30 heavy (non-hydrogen) atoms. The van der Waals surface area contributed by atoms with Crippen LogP contribution in [0.25, 0.3) is 21.8 Å². The fraction of sp³-hybridized carbons (Fsp3) is 0.320.